The molecule has 0 fully saturated rings. The van der Waals surface area contributed by atoms with Gasteiger partial charge >= 0.3 is 12.1 Å². The lowest BCUT2D eigenvalue weighted by atomic mass is 10.2. The van der Waals surface area contributed by atoms with E-state index < -0.39 is 18.2 Å². The Balaban J connectivity index is 1.94. The van der Waals surface area contributed by atoms with E-state index in [1.807, 2.05) is 32.0 Å². The molecule has 0 radical (unpaired) electrons. The first kappa shape index (κ1) is 20.7. The summed E-state index contributed by atoms with van der Waals surface area (Å²) in [7, 11) is 0. The molecule has 1 aromatic rings. The van der Waals surface area contributed by atoms with Crippen LogP contribution in [-0.2, 0) is 4.84 Å². The van der Waals surface area contributed by atoms with E-state index >= 15 is 0 Å². The highest BCUT2D eigenvalue weighted by molar-refractivity contribution is 5.76. The van der Waals surface area contributed by atoms with Gasteiger partial charge in [-0.3, -0.25) is 0 Å². The Hall–Kier alpha value is -2.64. The van der Waals surface area contributed by atoms with Crippen molar-refractivity contribution in [3.05, 3.63) is 24.3 Å². The van der Waals surface area contributed by atoms with Gasteiger partial charge < -0.3 is 24.9 Å². The summed E-state index contributed by atoms with van der Waals surface area (Å²) >= 11 is 0. The maximum absolute atomic E-state index is 12.4. The van der Waals surface area contributed by atoms with E-state index in [2.05, 4.69) is 10.6 Å². The lowest BCUT2D eigenvalue weighted by molar-refractivity contribution is -0.0834. The van der Waals surface area contributed by atoms with Crippen LogP contribution in [0.4, 0.5) is 9.59 Å². The van der Waals surface area contributed by atoms with Crippen LogP contribution in [-0.4, -0.2) is 49.5 Å². The number of ether oxygens (including phenoxy) is 2. The highest BCUT2D eigenvalue weighted by Gasteiger charge is 2.28. The third-order valence-electron chi connectivity index (χ3n) is 3.96. The number of hydrogen-bond donors (Lipinski definition) is 2. The van der Waals surface area contributed by atoms with Crippen LogP contribution in [0.15, 0.2) is 24.3 Å². The van der Waals surface area contributed by atoms with Gasteiger partial charge in [0, 0.05) is 13.1 Å². The van der Waals surface area contributed by atoms with Gasteiger partial charge in [0.15, 0.2) is 17.6 Å². The fraction of sp³-hybridized carbons (Fsp3) is 0.579. The average Bonchev–Trinajstić information content (AvgIpc) is 2.67. The number of unbranched alkanes of at least 4 members (excludes halogenated alkanes) is 2. The summed E-state index contributed by atoms with van der Waals surface area (Å²) in [4.78, 5) is 29.6. The molecular formula is C19H29N3O5. The Bertz CT molecular complexity index is 611. The molecule has 0 aliphatic carbocycles. The van der Waals surface area contributed by atoms with Crippen molar-refractivity contribution in [2.75, 3.05) is 26.2 Å². The summed E-state index contributed by atoms with van der Waals surface area (Å²) in [6, 6.07) is 6.85. The first-order valence-corrected chi connectivity index (χ1v) is 9.53. The van der Waals surface area contributed by atoms with Gasteiger partial charge in [-0.05, 0) is 25.0 Å². The molecule has 1 aliphatic rings. The van der Waals surface area contributed by atoms with Crippen LogP contribution in [0.2, 0.25) is 0 Å². The van der Waals surface area contributed by atoms with E-state index in [1.165, 1.54) is 0 Å². The molecule has 0 spiro atoms. The van der Waals surface area contributed by atoms with Crippen molar-refractivity contribution in [2.45, 2.75) is 45.6 Å². The number of nitrogens with one attached hydrogen (secondary N) is 2. The van der Waals surface area contributed by atoms with Gasteiger partial charge in [0.05, 0.1) is 0 Å². The lowest BCUT2D eigenvalue weighted by Gasteiger charge is -2.30. The Morgan fingerprint density at radius 1 is 1.11 bits per heavy atom. The van der Waals surface area contributed by atoms with Crippen molar-refractivity contribution in [3.63, 3.8) is 0 Å². The number of amides is 3. The number of para-hydroxylation sites is 2. The quantitative estimate of drug-likeness (QED) is 0.535. The lowest BCUT2D eigenvalue weighted by Crippen LogP contribution is -2.49. The zero-order valence-electron chi connectivity index (χ0n) is 16.0. The molecule has 2 N–H and O–H groups in total. The van der Waals surface area contributed by atoms with Crippen LogP contribution in [0.5, 0.6) is 11.5 Å². The molecule has 8 heteroatoms. The monoisotopic (exact) mass is 379 g/mol. The smallest absolute Gasteiger partial charge is 0.431 e. The number of benzene rings is 1. The van der Waals surface area contributed by atoms with Gasteiger partial charge in [0.25, 0.3) is 0 Å². The van der Waals surface area contributed by atoms with Crippen molar-refractivity contribution in [1.82, 2.24) is 15.7 Å². The predicted molar refractivity (Wildman–Crippen MR) is 101 cm³/mol. The molecule has 1 heterocycles. The van der Waals surface area contributed by atoms with Crippen molar-refractivity contribution in [3.8, 4) is 11.5 Å². The summed E-state index contributed by atoms with van der Waals surface area (Å²) in [5, 5.41) is 6.38. The second kappa shape index (κ2) is 11.2. The van der Waals surface area contributed by atoms with E-state index in [0.717, 1.165) is 30.7 Å². The Labute approximate surface area is 160 Å². The van der Waals surface area contributed by atoms with E-state index in [0.29, 0.717) is 24.6 Å². The maximum Gasteiger partial charge on any atom is 0.431 e. The SMILES string of the molecule is CCCCNC(=O)ON(CC1COc2ccccc2O1)C(=O)NCCCC. The van der Waals surface area contributed by atoms with Gasteiger partial charge in [-0.1, -0.05) is 38.8 Å². The highest BCUT2D eigenvalue weighted by atomic mass is 16.7. The first-order valence-electron chi connectivity index (χ1n) is 9.53. The highest BCUT2D eigenvalue weighted by Crippen LogP contribution is 2.31. The number of carbonyl (C=O) groups excluding carboxylic acids is 2. The van der Waals surface area contributed by atoms with E-state index in [1.54, 1.807) is 6.07 Å². The number of urea groups is 1. The summed E-state index contributed by atoms with van der Waals surface area (Å²) in [5.41, 5.74) is 0. The van der Waals surface area contributed by atoms with Gasteiger partial charge in [-0.25, -0.2) is 9.59 Å². The Morgan fingerprint density at radius 3 is 2.48 bits per heavy atom. The maximum atomic E-state index is 12.4. The van der Waals surface area contributed by atoms with Crippen LogP contribution in [0.1, 0.15) is 39.5 Å². The number of nitrogens with zero attached hydrogens (tertiary/aromatic N) is 1. The molecule has 1 atom stereocenters. The largest absolute Gasteiger partial charge is 0.486 e. The Morgan fingerprint density at radius 2 is 1.78 bits per heavy atom. The van der Waals surface area contributed by atoms with Crippen LogP contribution >= 0.6 is 0 Å². The van der Waals surface area contributed by atoms with Gasteiger partial charge in [0.2, 0.25) is 0 Å². The topological polar surface area (TPSA) is 89.1 Å². The zero-order chi connectivity index (χ0) is 19.5. The fourth-order valence-electron chi connectivity index (χ4n) is 2.46. The van der Waals surface area contributed by atoms with E-state index in [-0.39, 0.29) is 13.2 Å². The van der Waals surface area contributed by atoms with Gasteiger partial charge in [-0.2, -0.15) is 0 Å². The van der Waals surface area contributed by atoms with E-state index in [4.69, 9.17) is 14.3 Å². The van der Waals surface area contributed by atoms with Crippen LogP contribution in [0.25, 0.3) is 0 Å². The minimum Gasteiger partial charge on any atom is -0.486 e. The van der Waals surface area contributed by atoms with Gasteiger partial charge in [0.1, 0.15) is 13.2 Å². The number of carbonyl (C=O) groups is 2. The summed E-state index contributed by atoms with van der Waals surface area (Å²) in [6.45, 7) is 5.39. The first-order chi connectivity index (χ1) is 13.1. The third-order valence-corrected chi connectivity index (χ3v) is 3.96. The molecule has 1 unspecified atom stereocenters. The third kappa shape index (κ3) is 6.88. The molecule has 0 saturated heterocycles. The molecule has 150 valence electrons. The average molecular weight is 379 g/mol. The minimum atomic E-state index is -0.661. The van der Waals surface area contributed by atoms with Crippen LogP contribution in [0, 0.1) is 0 Å². The van der Waals surface area contributed by atoms with Crippen LogP contribution in [0.3, 0.4) is 0 Å². The van der Waals surface area contributed by atoms with Crippen molar-refractivity contribution in [2.24, 2.45) is 0 Å². The molecule has 2 rings (SSSR count). The molecule has 3 amide bonds. The molecule has 1 aromatic carbocycles. The van der Waals surface area contributed by atoms with Crippen molar-refractivity contribution in [1.29, 1.82) is 0 Å². The minimum absolute atomic E-state index is 0.0630. The van der Waals surface area contributed by atoms with Crippen molar-refractivity contribution < 1.29 is 23.9 Å². The molecular weight excluding hydrogens is 350 g/mol. The molecule has 0 saturated carbocycles. The number of hydrogen-bond acceptors (Lipinski definition) is 5. The summed E-state index contributed by atoms with van der Waals surface area (Å²) in [5.74, 6) is 1.26. The second-order valence-corrected chi connectivity index (χ2v) is 6.30. The zero-order valence-corrected chi connectivity index (χ0v) is 16.0. The standard InChI is InChI=1S/C19H29N3O5/c1-3-5-11-20-18(23)22(27-19(24)21-12-6-4-2)13-15-14-25-16-9-7-8-10-17(16)26-15/h7-10,15H,3-6,11-14H2,1-2H3,(H,20,23)(H,21,24). The summed E-state index contributed by atoms with van der Waals surface area (Å²) in [6.07, 6.45) is 2.49. The number of fused-ring (bicyclic) bond motifs is 1. The molecule has 0 bridgehead atoms. The summed E-state index contributed by atoms with van der Waals surface area (Å²) < 4.78 is 11.5. The number of hydroxylamine groups is 2. The second-order valence-electron chi connectivity index (χ2n) is 6.30. The molecule has 0 aromatic heterocycles. The molecule has 8 nitrogen and oxygen atoms in total. The van der Waals surface area contributed by atoms with Gasteiger partial charge in [-0.15, -0.1) is 5.06 Å². The molecule has 1 aliphatic heterocycles. The van der Waals surface area contributed by atoms with E-state index in [9.17, 15) is 9.59 Å². The predicted octanol–water partition coefficient (Wildman–Crippen LogP) is 3.08. The fourth-order valence-corrected chi connectivity index (χ4v) is 2.46. The normalized spacial score (nSPS) is 15.0. The Kier molecular flexibility index (Phi) is 8.54. The van der Waals surface area contributed by atoms with Crippen LogP contribution < -0.4 is 20.1 Å². The van der Waals surface area contributed by atoms with Crippen molar-refractivity contribution >= 4 is 12.1 Å². The number of rotatable bonds is 8. The molecule has 27 heavy (non-hydrogen) atoms.